The Kier molecular flexibility index (Phi) is 4.35. The fraction of sp³-hybridized carbons (Fsp3) is 0.462. The van der Waals surface area contributed by atoms with Crippen LogP contribution in [0.5, 0.6) is 5.75 Å². The molecule has 1 aromatic rings. The number of ether oxygens (including phenoxy) is 1. The smallest absolute Gasteiger partial charge is 0.306 e. The van der Waals surface area contributed by atoms with Crippen LogP contribution in [0, 0.1) is 12.8 Å². The number of carboxylic acid groups (broad SMARTS) is 1. The van der Waals surface area contributed by atoms with Gasteiger partial charge >= 0.3 is 5.97 Å². The van der Waals surface area contributed by atoms with Gasteiger partial charge in [-0.05, 0) is 30.9 Å². The molecule has 1 rings (SSSR count). The molecule has 1 N–H and O–H groups in total. The van der Waals surface area contributed by atoms with Gasteiger partial charge in [0.2, 0.25) is 0 Å². The van der Waals surface area contributed by atoms with Gasteiger partial charge in [0.1, 0.15) is 5.75 Å². The highest BCUT2D eigenvalue weighted by atomic mass is 16.5. The predicted molar refractivity (Wildman–Crippen MR) is 62.9 cm³/mol. The van der Waals surface area contributed by atoms with Crippen molar-refractivity contribution in [3.63, 3.8) is 0 Å². The molecule has 0 saturated heterocycles. The maximum atomic E-state index is 10.7. The summed E-state index contributed by atoms with van der Waals surface area (Å²) in [5.41, 5.74) is 2.17. The van der Waals surface area contributed by atoms with Crippen LogP contribution in [-0.4, -0.2) is 18.2 Å². The van der Waals surface area contributed by atoms with Crippen LogP contribution in [0.25, 0.3) is 0 Å². The quantitative estimate of drug-likeness (QED) is 0.833. The fourth-order valence-corrected chi connectivity index (χ4v) is 1.70. The van der Waals surface area contributed by atoms with Gasteiger partial charge in [-0.3, -0.25) is 4.79 Å². The number of carbonyl (C=O) groups is 1. The molecule has 3 heteroatoms. The molecule has 0 saturated carbocycles. The summed E-state index contributed by atoms with van der Waals surface area (Å²) in [4.78, 5) is 10.7. The highest BCUT2D eigenvalue weighted by Gasteiger charge is 2.12. The van der Waals surface area contributed by atoms with E-state index in [1.165, 1.54) is 0 Å². The molecule has 0 spiro atoms. The van der Waals surface area contributed by atoms with E-state index in [1.807, 2.05) is 25.1 Å². The molecule has 3 nitrogen and oxygen atoms in total. The fourth-order valence-electron chi connectivity index (χ4n) is 1.70. The monoisotopic (exact) mass is 222 g/mol. The van der Waals surface area contributed by atoms with Gasteiger partial charge in [-0.25, -0.2) is 0 Å². The number of rotatable bonds is 5. The third-order valence-electron chi connectivity index (χ3n) is 2.77. The van der Waals surface area contributed by atoms with Crippen LogP contribution < -0.4 is 4.74 Å². The van der Waals surface area contributed by atoms with Crippen LogP contribution in [0.4, 0.5) is 0 Å². The summed E-state index contributed by atoms with van der Waals surface area (Å²) in [7, 11) is 1.65. The highest BCUT2D eigenvalue weighted by Crippen LogP contribution is 2.25. The maximum absolute atomic E-state index is 10.7. The first-order valence-corrected chi connectivity index (χ1v) is 5.41. The Bertz CT molecular complexity index is 371. The predicted octanol–water partition coefficient (Wildman–Crippen LogP) is 2.66. The molecule has 0 fully saturated rings. The van der Waals surface area contributed by atoms with Gasteiger partial charge in [-0.15, -0.1) is 0 Å². The second-order valence-electron chi connectivity index (χ2n) is 4.05. The summed E-state index contributed by atoms with van der Waals surface area (Å²) in [5.74, 6) is -0.183. The Balaban J connectivity index is 2.74. The number of aliphatic carboxylic acids is 1. The topological polar surface area (TPSA) is 46.5 Å². The van der Waals surface area contributed by atoms with E-state index < -0.39 is 5.97 Å². The number of benzene rings is 1. The van der Waals surface area contributed by atoms with Crippen LogP contribution in [0.3, 0.4) is 0 Å². The van der Waals surface area contributed by atoms with E-state index >= 15 is 0 Å². The third-order valence-corrected chi connectivity index (χ3v) is 2.77. The summed E-state index contributed by atoms with van der Waals surface area (Å²) in [5, 5.41) is 8.81. The lowest BCUT2D eigenvalue weighted by Crippen LogP contribution is -2.10. The molecular weight excluding hydrogens is 204 g/mol. The van der Waals surface area contributed by atoms with Gasteiger partial charge in [-0.2, -0.15) is 0 Å². The van der Waals surface area contributed by atoms with Gasteiger partial charge in [0.25, 0.3) is 0 Å². The summed E-state index contributed by atoms with van der Waals surface area (Å²) in [6.07, 6.45) is 1.37. The van der Waals surface area contributed by atoms with Crippen molar-refractivity contribution in [2.45, 2.75) is 26.7 Å². The summed E-state index contributed by atoms with van der Waals surface area (Å²) in [6.45, 7) is 3.72. The zero-order valence-electron chi connectivity index (χ0n) is 9.99. The normalized spacial score (nSPS) is 12.2. The Hall–Kier alpha value is -1.51. The first-order chi connectivity index (χ1) is 7.56. The molecule has 0 bridgehead atoms. The van der Waals surface area contributed by atoms with E-state index in [9.17, 15) is 4.79 Å². The average molecular weight is 222 g/mol. The lowest BCUT2D eigenvalue weighted by molar-refractivity contribution is -0.141. The summed E-state index contributed by atoms with van der Waals surface area (Å²) >= 11 is 0. The van der Waals surface area contributed by atoms with E-state index in [2.05, 4.69) is 0 Å². The van der Waals surface area contributed by atoms with Crippen molar-refractivity contribution in [2.75, 3.05) is 7.11 Å². The van der Waals surface area contributed by atoms with Gasteiger partial charge in [0.05, 0.1) is 13.0 Å². The molecule has 0 aliphatic rings. The van der Waals surface area contributed by atoms with Gasteiger partial charge in [0.15, 0.2) is 0 Å². The molecule has 0 aliphatic heterocycles. The average Bonchev–Trinajstić information content (AvgIpc) is 2.25. The minimum Gasteiger partial charge on any atom is -0.496 e. The standard InChI is InChI=1S/C13H18O3/c1-9-5-4-6-11(12(9)16-3)8-7-10(2)13(14)15/h4-6,10H,7-8H2,1-3H3,(H,14,15). The van der Waals surface area contributed by atoms with Crippen LogP contribution in [-0.2, 0) is 11.2 Å². The van der Waals surface area contributed by atoms with E-state index in [4.69, 9.17) is 9.84 Å². The minimum atomic E-state index is -0.744. The number of hydrogen-bond donors (Lipinski definition) is 1. The van der Waals surface area contributed by atoms with Crippen molar-refractivity contribution in [1.29, 1.82) is 0 Å². The Morgan fingerprint density at radius 1 is 1.50 bits per heavy atom. The molecule has 1 unspecified atom stereocenters. The van der Waals surface area contributed by atoms with E-state index in [-0.39, 0.29) is 5.92 Å². The van der Waals surface area contributed by atoms with Crippen LogP contribution in [0.1, 0.15) is 24.5 Å². The molecule has 0 aliphatic carbocycles. The highest BCUT2D eigenvalue weighted by molar-refractivity contribution is 5.69. The Morgan fingerprint density at radius 3 is 2.75 bits per heavy atom. The van der Waals surface area contributed by atoms with Crippen molar-refractivity contribution in [3.05, 3.63) is 29.3 Å². The van der Waals surface area contributed by atoms with Gasteiger partial charge < -0.3 is 9.84 Å². The van der Waals surface area contributed by atoms with Crippen molar-refractivity contribution < 1.29 is 14.6 Å². The third kappa shape index (κ3) is 2.99. The lowest BCUT2D eigenvalue weighted by atomic mass is 9.99. The molecule has 0 amide bonds. The summed E-state index contributed by atoms with van der Waals surface area (Å²) < 4.78 is 5.32. The number of carboxylic acids is 1. The molecular formula is C13H18O3. The second-order valence-corrected chi connectivity index (χ2v) is 4.05. The Morgan fingerprint density at radius 2 is 2.19 bits per heavy atom. The summed E-state index contributed by atoms with van der Waals surface area (Å²) in [6, 6.07) is 5.95. The van der Waals surface area contributed by atoms with Crippen molar-refractivity contribution in [1.82, 2.24) is 0 Å². The van der Waals surface area contributed by atoms with E-state index in [0.717, 1.165) is 23.3 Å². The van der Waals surface area contributed by atoms with Gasteiger partial charge in [0, 0.05) is 0 Å². The minimum absolute atomic E-state index is 0.315. The molecule has 1 aromatic carbocycles. The first kappa shape index (κ1) is 12.6. The molecule has 88 valence electrons. The zero-order chi connectivity index (χ0) is 12.1. The Labute approximate surface area is 96.1 Å². The number of para-hydroxylation sites is 1. The van der Waals surface area contributed by atoms with Crippen LogP contribution >= 0.6 is 0 Å². The van der Waals surface area contributed by atoms with E-state index in [1.54, 1.807) is 14.0 Å². The van der Waals surface area contributed by atoms with Gasteiger partial charge in [-0.1, -0.05) is 25.1 Å². The zero-order valence-corrected chi connectivity index (χ0v) is 9.99. The van der Waals surface area contributed by atoms with Crippen molar-refractivity contribution in [3.8, 4) is 5.75 Å². The lowest BCUT2D eigenvalue weighted by Gasteiger charge is -2.12. The van der Waals surface area contributed by atoms with Crippen LogP contribution in [0.2, 0.25) is 0 Å². The number of aryl methyl sites for hydroxylation is 2. The number of methoxy groups -OCH3 is 1. The number of hydrogen-bond acceptors (Lipinski definition) is 2. The van der Waals surface area contributed by atoms with Crippen molar-refractivity contribution in [2.24, 2.45) is 5.92 Å². The molecule has 0 aromatic heterocycles. The largest absolute Gasteiger partial charge is 0.496 e. The molecule has 0 heterocycles. The first-order valence-electron chi connectivity index (χ1n) is 5.41. The van der Waals surface area contributed by atoms with Crippen LogP contribution in [0.15, 0.2) is 18.2 Å². The van der Waals surface area contributed by atoms with Crippen molar-refractivity contribution >= 4 is 5.97 Å². The van der Waals surface area contributed by atoms with E-state index in [0.29, 0.717) is 6.42 Å². The second kappa shape index (κ2) is 5.54. The molecule has 1 atom stereocenters. The maximum Gasteiger partial charge on any atom is 0.306 e. The molecule has 0 radical (unpaired) electrons. The SMILES string of the molecule is COc1c(C)cccc1CCC(C)C(=O)O. The molecule has 16 heavy (non-hydrogen) atoms.